The summed E-state index contributed by atoms with van der Waals surface area (Å²) in [4.78, 5) is 1.72. The Morgan fingerprint density at radius 2 is 1.51 bits per heavy atom. The van der Waals surface area contributed by atoms with Gasteiger partial charge in [0.05, 0.1) is 0 Å². The standard InChI is InChI=1S/C38H38S/c1-2-12-25(13-3-1)27-14-4-5-16-30(27)38-33-19-8-6-17-31(33)37(32-18-7-9-20-34(32)38)26-22-23-29-28-15-10-11-21-35(28)39-36(29)24-26/h2,4-10,12-20,26,29,31,33,36-38H,1,3,11,21-24H2. The summed E-state index contributed by atoms with van der Waals surface area (Å²) in [6, 6.07) is 18.9. The van der Waals surface area contributed by atoms with Crippen LogP contribution in [0.25, 0.3) is 5.57 Å². The van der Waals surface area contributed by atoms with Gasteiger partial charge in [0.25, 0.3) is 0 Å². The molecule has 0 N–H and O–H groups in total. The van der Waals surface area contributed by atoms with Crippen LogP contribution in [0, 0.1) is 23.7 Å². The zero-order valence-corrected chi connectivity index (χ0v) is 23.5. The van der Waals surface area contributed by atoms with Gasteiger partial charge in [0, 0.05) is 11.2 Å². The van der Waals surface area contributed by atoms with Crippen molar-refractivity contribution in [2.75, 3.05) is 0 Å². The largest absolute Gasteiger partial charge is 0.126 e. The molecule has 1 heteroatoms. The number of rotatable bonds is 3. The van der Waals surface area contributed by atoms with Crippen molar-refractivity contribution >= 4 is 17.3 Å². The van der Waals surface area contributed by atoms with Crippen molar-refractivity contribution in [2.45, 2.75) is 62.0 Å². The van der Waals surface area contributed by atoms with Gasteiger partial charge in [-0.15, -0.1) is 11.8 Å². The van der Waals surface area contributed by atoms with Gasteiger partial charge in [-0.1, -0.05) is 103 Å². The molecule has 5 aliphatic carbocycles. The molecule has 0 saturated heterocycles. The first kappa shape index (κ1) is 24.1. The smallest absolute Gasteiger partial charge is 0.0167 e. The minimum Gasteiger partial charge on any atom is -0.126 e. The Bertz CT molecular complexity index is 1460. The van der Waals surface area contributed by atoms with E-state index in [1.165, 1.54) is 48.8 Å². The number of allylic oxidation sites excluding steroid dienone is 12. The average Bonchev–Trinajstić information content (AvgIpc) is 3.38. The third-order valence-corrected chi connectivity index (χ3v) is 12.1. The highest BCUT2D eigenvalue weighted by atomic mass is 32.2. The predicted octanol–water partition coefficient (Wildman–Crippen LogP) is 10.1. The van der Waals surface area contributed by atoms with Crippen molar-refractivity contribution in [1.29, 1.82) is 0 Å². The zero-order chi connectivity index (χ0) is 25.8. The van der Waals surface area contributed by atoms with Crippen LogP contribution in [0.3, 0.4) is 0 Å². The highest BCUT2D eigenvalue weighted by molar-refractivity contribution is 8.04. The number of fused-ring (bicyclic) bond motifs is 4. The second kappa shape index (κ2) is 10.0. The average molecular weight is 527 g/mol. The first-order chi connectivity index (χ1) is 19.4. The summed E-state index contributed by atoms with van der Waals surface area (Å²) in [6.45, 7) is 0. The second-order valence-corrected chi connectivity index (χ2v) is 13.8. The zero-order valence-electron chi connectivity index (χ0n) is 22.7. The lowest BCUT2D eigenvalue weighted by Crippen LogP contribution is -2.39. The van der Waals surface area contributed by atoms with Gasteiger partial charge >= 0.3 is 0 Å². The van der Waals surface area contributed by atoms with Gasteiger partial charge in [-0.25, -0.2) is 0 Å². The van der Waals surface area contributed by atoms with E-state index in [9.17, 15) is 0 Å². The molecule has 1 saturated carbocycles. The van der Waals surface area contributed by atoms with E-state index < -0.39 is 0 Å². The number of thioether (sulfide) groups is 1. The maximum Gasteiger partial charge on any atom is 0.0167 e. The van der Waals surface area contributed by atoms with Gasteiger partial charge < -0.3 is 0 Å². The Labute approximate surface area is 238 Å². The minimum atomic E-state index is 0.396. The first-order valence-corrected chi connectivity index (χ1v) is 16.2. The van der Waals surface area contributed by atoms with Gasteiger partial charge in [0.15, 0.2) is 0 Å². The summed E-state index contributed by atoms with van der Waals surface area (Å²) in [7, 11) is 0. The first-order valence-electron chi connectivity index (χ1n) is 15.3. The quantitative estimate of drug-likeness (QED) is 0.383. The van der Waals surface area contributed by atoms with Crippen LogP contribution in [0.1, 0.15) is 79.0 Å². The summed E-state index contributed by atoms with van der Waals surface area (Å²) in [5.41, 5.74) is 9.27. The van der Waals surface area contributed by atoms with Crippen molar-refractivity contribution < 1.29 is 0 Å². The molecule has 8 rings (SSSR count). The third kappa shape index (κ3) is 4.03. The highest BCUT2D eigenvalue weighted by Crippen LogP contribution is 2.60. The fourth-order valence-electron chi connectivity index (χ4n) is 8.91. The molecule has 0 aromatic heterocycles. The normalized spacial score (nSPS) is 34.3. The molecule has 1 fully saturated rings. The molecule has 0 radical (unpaired) electrons. The van der Waals surface area contributed by atoms with Crippen molar-refractivity contribution in [1.82, 2.24) is 0 Å². The molecule has 2 aromatic carbocycles. The van der Waals surface area contributed by atoms with Gasteiger partial charge in [0.2, 0.25) is 0 Å². The predicted molar refractivity (Wildman–Crippen MR) is 167 cm³/mol. The van der Waals surface area contributed by atoms with Crippen molar-refractivity contribution in [3.05, 3.63) is 136 Å². The van der Waals surface area contributed by atoms with Crippen LogP contribution in [-0.2, 0) is 0 Å². The molecule has 7 unspecified atom stereocenters. The molecule has 0 bridgehead atoms. The Balaban J connectivity index is 1.19. The topological polar surface area (TPSA) is 0 Å². The Morgan fingerprint density at radius 1 is 0.718 bits per heavy atom. The lowest BCUT2D eigenvalue weighted by molar-refractivity contribution is 0.201. The van der Waals surface area contributed by atoms with Gasteiger partial charge in [-0.2, -0.15) is 0 Å². The van der Waals surface area contributed by atoms with E-state index >= 15 is 0 Å². The highest BCUT2D eigenvalue weighted by Gasteiger charge is 2.48. The van der Waals surface area contributed by atoms with E-state index in [2.05, 4.69) is 115 Å². The summed E-state index contributed by atoms with van der Waals surface area (Å²) in [5.74, 6) is 3.63. The molecule has 7 atom stereocenters. The Morgan fingerprint density at radius 3 is 2.38 bits per heavy atom. The van der Waals surface area contributed by atoms with Crippen LogP contribution in [0.5, 0.6) is 0 Å². The van der Waals surface area contributed by atoms with Crippen molar-refractivity contribution in [3.63, 3.8) is 0 Å². The van der Waals surface area contributed by atoms with Crippen LogP contribution in [0.4, 0.5) is 0 Å². The van der Waals surface area contributed by atoms with E-state index in [1.54, 1.807) is 21.6 Å². The molecule has 196 valence electrons. The van der Waals surface area contributed by atoms with Crippen LogP contribution in [-0.4, -0.2) is 5.25 Å². The van der Waals surface area contributed by atoms with Gasteiger partial charge in [0.1, 0.15) is 0 Å². The second-order valence-electron chi connectivity index (χ2n) is 12.4. The third-order valence-electron chi connectivity index (χ3n) is 10.5. The van der Waals surface area contributed by atoms with E-state index in [4.69, 9.17) is 0 Å². The lowest BCUT2D eigenvalue weighted by Gasteiger charge is -2.48. The molecule has 1 aliphatic heterocycles. The van der Waals surface area contributed by atoms with E-state index in [-0.39, 0.29) is 0 Å². The number of hydrogen-bond donors (Lipinski definition) is 0. The summed E-state index contributed by atoms with van der Waals surface area (Å²) >= 11 is 2.26. The van der Waals surface area contributed by atoms with E-state index in [0.717, 1.165) is 29.9 Å². The molecule has 0 nitrogen and oxygen atoms in total. The molecule has 1 heterocycles. The molecule has 39 heavy (non-hydrogen) atoms. The molecule has 0 spiro atoms. The molecular weight excluding hydrogens is 488 g/mol. The summed E-state index contributed by atoms with van der Waals surface area (Å²) in [5, 5.41) is 0.786. The fraction of sp³-hybridized carbons (Fsp3) is 0.368. The lowest BCUT2D eigenvalue weighted by atomic mass is 9.55. The molecular formula is C38H38S. The SMILES string of the molecule is C1=CC2C(c3ccccc3C3=CCCC=C3)c3ccccc3C(C3CCC4C5=C(CCC=C5)SC4C3)C2C=C1. The summed E-state index contributed by atoms with van der Waals surface area (Å²) in [6.07, 6.45) is 30.8. The maximum absolute atomic E-state index is 2.58. The van der Waals surface area contributed by atoms with Crippen molar-refractivity contribution in [3.8, 4) is 0 Å². The molecule has 0 amide bonds. The van der Waals surface area contributed by atoms with Crippen LogP contribution in [0.15, 0.2) is 114 Å². The van der Waals surface area contributed by atoms with Crippen LogP contribution in [0.2, 0.25) is 0 Å². The number of hydrogen-bond acceptors (Lipinski definition) is 1. The number of benzene rings is 2. The maximum atomic E-state index is 2.58. The fourth-order valence-corrected chi connectivity index (χ4v) is 10.7. The monoisotopic (exact) mass is 526 g/mol. The summed E-state index contributed by atoms with van der Waals surface area (Å²) < 4.78 is 0. The van der Waals surface area contributed by atoms with E-state index in [0.29, 0.717) is 23.7 Å². The van der Waals surface area contributed by atoms with Crippen molar-refractivity contribution in [2.24, 2.45) is 23.7 Å². The van der Waals surface area contributed by atoms with Crippen LogP contribution < -0.4 is 0 Å². The minimum absolute atomic E-state index is 0.396. The molecule has 2 aromatic rings. The Kier molecular flexibility index (Phi) is 6.17. The van der Waals surface area contributed by atoms with E-state index in [1.807, 2.05) is 0 Å². The molecule has 6 aliphatic rings. The van der Waals surface area contributed by atoms with Gasteiger partial charge in [-0.05, 0) is 113 Å². The Hall–Kier alpha value is -2.77. The van der Waals surface area contributed by atoms with Gasteiger partial charge in [-0.3, -0.25) is 0 Å². The van der Waals surface area contributed by atoms with Crippen LogP contribution >= 0.6 is 11.8 Å².